The number of carbonyl (C=O) groups excluding carboxylic acids is 2. The van der Waals surface area contributed by atoms with E-state index in [1.54, 1.807) is 6.92 Å². The summed E-state index contributed by atoms with van der Waals surface area (Å²) < 4.78 is 26.1. The molecule has 0 saturated carbocycles. The van der Waals surface area contributed by atoms with Crippen molar-refractivity contribution in [2.75, 3.05) is 6.54 Å². The summed E-state index contributed by atoms with van der Waals surface area (Å²) >= 11 is 0. The molecule has 10 atom stereocenters. The third-order valence-electron chi connectivity index (χ3n) is 11.5. The third-order valence-corrected chi connectivity index (χ3v) is 11.5. The van der Waals surface area contributed by atoms with Crippen molar-refractivity contribution in [1.82, 2.24) is 5.32 Å². The predicted octanol–water partition coefficient (Wildman–Crippen LogP) is 11.0. The van der Waals surface area contributed by atoms with Gasteiger partial charge in [-0.1, -0.05) is 59.6 Å². The van der Waals surface area contributed by atoms with Crippen molar-refractivity contribution in [3.63, 3.8) is 0 Å². The van der Waals surface area contributed by atoms with Crippen LogP contribution in [0, 0.1) is 23.7 Å². The quantitative estimate of drug-likeness (QED) is 0.134. The van der Waals surface area contributed by atoms with E-state index in [2.05, 4.69) is 59.2 Å². The van der Waals surface area contributed by atoms with Gasteiger partial charge in [-0.15, -0.1) is 13.2 Å². The smallest absolute Gasteiger partial charge is 0.216 e. The van der Waals surface area contributed by atoms with Gasteiger partial charge in [0.15, 0.2) is 11.6 Å². The number of hydrogen-bond acceptors (Lipinski definition) is 6. The molecule has 4 rings (SSSR count). The van der Waals surface area contributed by atoms with E-state index in [1.165, 1.54) is 71.6 Å². The van der Waals surface area contributed by atoms with Crippen LogP contribution in [0.25, 0.3) is 0 Å². The van der Waals surface area contributed by atoms with Crippen LogP contribution in [0.5, 0.6) is 0 Å². The first-order valence-corrected chi connectivity index (χ1v) is 20.9. The number of allylic oxidation sites excluding steroid dienone is 2. The summed E-state index contributed by atoms with van der Waals surface area (Å²) in [5, 5.41) is 2.88. The Morgan fingerprint density at radius 1 is 0.706 bits per heavy atom. The first-order chi connectivity index (χ1) is 24.3. The minimum absolute atomic E-state index is 0.0429. The van der Waals surface area contributed by atoms with Crippen LogP contribution in [0.4, 0.5) is 0 Å². The largest absolute Gasteiger partial charge is 0.356 e. The van der Waals surface area contributed by atoms with E-state index in [1.807, 2.05) is 6.08 Å². The van der Waals surface area contributed by atoms with Crippen molar-refractivity contribution in [3.05, 3.63) is 25.3 Å². The van der Waals surface area contributed by atoms with Gasteiger partial charge in [0, 0.05) is 39.2 Å². The number of ketones is 1. The topological polar surface area (TPSA) is 83.1 Å². The van der Waals surface area contributed by atoms with Crippen LogP contribution < -0.4 is 5.32 Å². The highest BCUT2D eigenvalue weighted by Crippen LogP contribution is 2.44. The molecule has 51 heavy (non-hydrogen) atoms. The van der Waals surface area contributed by atoms with Gasteiger partial charge in [-0.2, -0.15) is 0 Å². The van der Waals surface area contributed by atoms with E-state index >= 15 is 0 Å². The van der Waals surface area contributed by atoms with Crippen LogP contribution >= 0.6 is 0 Å². The van der Waals surface area contributed by atoms with Crippen LogP contribution in [-0.2, 0) is 28.5 Å². The molecule has 4 aliphatic heterocycles. The molecule has 0 bridgehead atoms. The summed E-state index contributed by atoms with van der Waals surface area (Å²) in [4.78, 5) is 20.4. The molecule has 7 heteroatoms. The average molecular weight is 718 g/mol. The highest BCUT2D eigenvalue weighted by molar-refractivity contribution is 5.72. The minimum atomic E-state index is -0.356. The van der Waals surface area contributed by atoms with Crippen molar-refractivity contribution < 1.29 is 28.5 Å². The highest BCUT2D eigenvalue weighted by Gasteiger charge is 2.45. The molecule has 0 aromatic carbocycles. The number of Topliss-reactive ketones (excluding diaryl/α,β-unsaturated/α-hetero) is 1. The molecule has 0 aromatic heterocycles. The summed E-state index contributed by atoms with van der Waals surface area (Å²) in [6.07, 6.45) is 27.1. The van der Waals surface area contributed by atoms with Gasteiger partial charge in [-0.25, -0.2) is 0 Å². The van der Waals surface area contributed by atoms with Gasteiger partial charge in [0.05, 0.1) is 24.4 Å². The summed E-state index contributed by atoms with van der Waals surface area (Å²) in [6.45, 7) is 24.5. The Bertz CT molecular complexity index is 1010. The summed E-state index contributed by atoms with van der Waals surface area (Å²) in [5.41, 5.74) is 0. The predicted molar refractivity (Wildman–Crippen MR) is 210 cm³/mol. The Balaban J connectivity index is 0.000000322. The standard InChI is InChI=1S/C21H37NO3.C20H36O2.C3H6O/c1-5-16(2)10-11-19-8-6-13-21(24-19)14-12-17(3)20(25-21)9-7-15-22-18(4)23;1-5-7-10-19-17(4)13-15-20(22-19)14-8-9-18(21-20)12-11-16(3)6-2;1-3(2)4/h5,16-17,19-20H,1,6-15H2,2-4H3,(H,22,23);6,16-19H,2,5,7-15H2,1,3-4H3;1-2H3/t16-,17?,19+,20-,21+;16-,17?,18+,19-,20+;/m11./s1. The Morgan fingerprint density at radius 2 is 1.14 bits per heavy atom. The van der Waals surface area contributed by atoms with Gasteiger partial charge in [0.1, 0.15) is 5.78 Å². The van der Waals surface area contributed by atoms with Crippen molar-refractivity contribution >= 4 is 11.7 Å². The molecule has 4 saturated heterocycles. The maximum atomic E-state index is 11.0. The summed E-state index contributed by atoms with van der Waals surface area (Å²) in [7, 11) is 0. The second-order valence-electron chi connectivity index (χ2n) is 16.7. The van der Waals surface area contributed by atoms with Crippen LogP contribution in [-0.4, -0.2) is 54.2 Å². The molecule has 7 nitrogen and oxygen atoms in total. The molecular formula is C44H79NO6. The van der Waals surface area contributed by atoms with Gasteiger partial charge >= 0.3 is 0 Å². The fourth-order valence-corrected chi connectivity index (χ4v) is 7.95. The Labute approximate surface area is 313 Å². The van der Waals surface area contributed by atoms with Crippen LogP contribution in [0.15, 0.2) is 25.3 Å². The number of nitrogens with one attached hydrogen (secondary N) is 1. The first-order valence-electron chi connectivity index (χ1n) is 20.9. The summed E-state index contributed by atoms with van der Waals surface area (Å²) in [6, 6.07) is 0. The lowest BCUT2D eigenvalue weighted by Gasteiger charge is -2.48. The lowest BCUT2D eigenvalue weighted by molar-refractivity contribution is -0.324. The van der Waals surface area contributed by atoms with E-state index in [4.69, 9.17) is 18.9 Å². The Hall–Kier alpha value is -1.54. The van der Waals surface area contributed by atoms with Gasteiger partial charge in [0.2, 0.25) is 5.91 Å². The zero-order valence-corrected chi connectivity index (χ0v) is 34.3. The van der Waals surface area contributed by atoms with E-state index in [9.17, 15) is 9.59 Å². The lowest BCUT2D eigenvalue weighted by Crippen LogP contribution is -2.50. The fraction of sp³-hybridized carbons (Fsp3) is 0.864. The molecule has 0 radical (unpaired) electrons. The monoisotopic (exact) mass is 718 g/mol. The maximum absolute atomic E-state index is 11.0. The van der Waals surface area contributed by atoms with E-state index in [0.717, 1.165) is 70.8 Å². The number of amides is 1. The van der Waals surface area contributed by atoms with Gasteiger partial charge < -0.3 is 29.1 Å². The molecule has 4 heterocycles. The van der Waals surface area contributed by atoms with Crippen LogP contribution in [0.1, 0.15) is 177 Å². The van der Waals surface area contributed by atoms with E-state index < -0.39 is 0 Å². The van der Waals surface area contributed by atoms with Gasteiger partial charge in [0.25, 0.3) is 0 Å². The molecule has 1 N–H and O–H groups in total. The fourth-order valence-electron chi connectivity index (χ4n) is 7.95. The summed E-state index contributed by atoms with van der Waals surface area (Å²) in [5.74, 6) is 1.98. The molecule has 4 aliphatic rings. The van der Waals surface area contributed by atoms with Crippen molar-refractivity contribution in [2.24, 2.45) is 23.7 Å². The van der Waals surface area contributed by atoms with E-state index in [0.29, 0.717) is 42.0 Å². The number of ether oxygens (including phenoxy) is 4. The van der Waals surface area contributed by atoms with Crippen LogP contribution in [0.2, 0.25) is 0 Å². The molecular weight excluding hydrogens is 638 g/mol. The SMILES string of the molecule is C=C[C@@H](C)CC[C@@H]1CCC[C@]2(CCC(C)[C@@H](CCCC)O2)O1.C=C[C@@H](C)CC[C@@H]1CCC[C@]2(CCC(C)[C@@H](CCCNC(C)=O)O2)O1.CC(C)=O. The van der Waals surface area contributed by atoms with Crippen molar-refractivity contribution in [2.45, 2.75) is 213 Å². The second-order valence-corrected chi connectivity index (χ2v) is 16.7. The average Bonchev–Trinajstić information content (AvgIpc) is 3.10. The molecule has 0 aliphatic carbocycles. The third kappa shape index (κ3) is 17.4. The molecule has 4 fully saturated rings. The molecule has 2 unspecified atom stereocenters. The molecule has 1 amide bonds. The number of carbonyl (C=O) groups is 2. The Kier molecular flexibility index (Phi) is 21.5. The number of unbranched alkanes of at least 4 members (excludes halogenated alkanes) is 1. The lowest BCUT2D eigenvalue weighted by atomic mass is 9.85. The van der Waals surface area contributed by atoms with Crippen molar-refractivity contribution in [1.29, 1.82) is 0 Å². The van der Waals surface area contributed by atoms with Crippen molar-refractivity contribution in [3.8, 4) is 0 Å². The number of hydrogen-bond donors (Lipinski definition) is 1. The maximum Gasteiger partial charge on any atom is 0.216 e. The normalized spacial score (nSPS) is 33.1. The van der Waals surface area contributed by atoms with E-state index in [-0.39, 0.29) is 29.4 Å². The van der Waals surface area contributed by atoms with Crippen LogP contribution in [0.3, 0.4) is 0 Å². The second kappa shape index (κ2) is 24.0. The minimum Gasteiger partial charge on any atom is -0.356 e. The zero-order valence-electron chi connectivity index (χ0n) is 34.3. The number of rotatable bonds is 15. The van der Waals surface area contributed by atoms with Gasteiger partial charge in [-0.3, -0.25) is 4.79 Å². The molecule has 296 valence electrons. The molecule has 2 spiro atoms. The first kappa shape index (κ1) is 45.6. The molecule has 0 aromatic rings. The Morgan fingerprint density at radius 3 is 1.53 bits per heavy atom. The van der Waals surface area contributed by atoms with Gasteiger partial charge in [-0.05, 0) is 121 Å². The highest BCUT2D eigenvalue weighted by atomic mass is 16.7. The zero-order chi connectivity index (χ0) is 37.9.